The smallest absolute Gasteiger partial charge is 0.270 e. The molecule has 0 saturated heterocycles. The SMILES string of the molecule is O=C(NCc1ccccc1)C(=Cc1cccc([N+](=O)[O-])c1)NC(=O)c1ccc(Br)cc1. The van der Waals surface area contributed by atoms with Gasteiger partial charge in [-0.1, -0.05) is 58.4 Å². The molecule has 0 heterocycles. The van der Waals surface area contributed by atoms with Gasteiger partial charge in [-0.2, -0.15) is 0 Å². The third-order valence-electron chi connectivity index (χ3n) is 4.29. The summed E-state index contributed by atoms with van der Waals surface area (Å²) in [5.74, 6) is -0.986. The van der Waals surface area contributed by atoms with Crippen LogP contribution in [0.15, 0.2) is 89.0 Å². The summed E-state index contributed by atoms with van der Waals surface area (Å²) in [5, 5.41) is 16.4. The van der Waals surface area contributed by atoms with Gasteiger partial charge in [-0.25, -0.2) is 0 Å². The molecular formula is C23H18BrN3O4. The number of non-ortho nitro benzene ring substituents is 1. The summed E-state index contributed by atoms with van der Waals surface area (Å²) >= 11 is 3.31. The lowest BCUT2D eigenvalue weighted by Gasteiger charge is -2.11. The Balaban J connectivity index is 1.86. The van der Waals surface area contributed by atoms with Crippen LogP contribution in [0.5, 0.6) is 0 Å². The molecule has 2 N–H and O–H groups in total. The summed E-state index contributed by atoms with van der Waals surface area (Å²) in [7, 11) is 0. The van der Waals surface area contributed by atoms with Crippen LogP contribution < -0.4 is 10.6 Å². The van der Waals surface area contributed by atoms with Crippen molar-refractivity contribution in [2.75, 3.05) is 0 Å². The second-order valence-corrected chi connectivity index (χ2v) is 7.46. The predicted octanol–water partition coefficient (Wildman–Crippen LogP) is 4.44. The Morgan fingerprint density at radius 2 is 1.68 bits per heavy atom. The first-order chi connectivity index (χ1) is 14.9. The first kappa shape index (κ1) is 21.9. The average Bonchev–Trinajstić information content (AvgIpc) is 2.78. The number of nitrogens with one attached hydrogen (secondary N) is 2. The van der Waals surface area contributed by atoms with Crippen molar-refractivity contribution in [2.24, 2.45) is 0 Å². The molecule has 3 rings (SSSR count). The molecule has 0 atom stereocenters. The molecule has 0 aliphatic carbocycles. The van der Waals surface area contributed by atoms with E-state index < -0.39 is 16.7 Å². The number of nitrogens with zero attached hydrogens (tertiary/aromatic N) is 1. The number of hydrogen-bond acceptors (Lipinski definition) is 4. The highest BCUT2D eigenvalue weighted by Gasteiger charge is 2.15. The highest BCUT2D eigenvalue weighted by Crippen LogP contribution is 2.16. The minimum atomic E-state index is -0.521. The zero-order valence-corrected chi connectivity index (χ0v) is 17.8. The Labute approximate surface area is 187 Å². The molecule has 0 fully saturated rings. The van der Waals surface area contributed by atoms with Gasteiger partial charge in [-0.15, -0.1) is 0 Å². The maximum atomic E-state index is 12.8. The lowest BCUT2D eigenvalue weighted by Crippen LogP contribution is -2.34. The molecule has 0 unspecified atom stereocenters. The van der Waals surface area contributed by atoms with E-state index in [0.717, 1.165) is 10.0 Å². The number of nitro benzene ring substituents is 1. The van der Waals surface area contributed by atoms with Gasteiger partial charge in [0, 0.05) is 28.7 Å². The Kier molecular flexibility index (Phi) is 7.29. The fourth-order valence-electron chi connectivity index (χ4n) is 2.72. The molecule has 3 aromatic rings. The van der Waals surface area contributed by atoms with Gasteiger partial charge in [0.1, 0.15) is 5.70 Å². The number of amides is 2. The average molecular weight is 480 g/mol. The van der Waals surface area contributed by atoms with Gasteiger partial charge in [-0.05, 0) is 41.5 Å². The van der Waals surface area contributed by atoms with E-state index in [-0.39, 0.29) is 17.9 Å². The molecule has 2 amide bonds. The topological polar surface area (TPSA) is 101 Å². The van der Waals surface area contributed by atoms with Crippen LogP contribution in [0, 0.1) is 10.1 Å². The third-order valence-corrected chi connectivity index (χ3v) is 4.82. The molecule has 8 heteroatoms. The zero-order chi connectivity index (χ0) is 22.2. The maximum absolute atomic E-state index is 12.8. The van der Waals surface area contributed by atoms with Gasteiger partial charge in [0.2, 0.25) is 0 Å². The van der Waals surface area contributed by atoms with E-state index in [4.69, 9.17) is 0 Å². The van der Waals surface area contributed by atoms with Gasteiger partial charge in [-0.3, -0.25) is 19.7 Å². The second-order valence-electron chi connectivity index (χ2n) is 6.54. The van der Waals surface area contributed by atoms with Crippen molar-refractivity contribution in [3.8, 4) is 0 Å². The first-order valence-corrected chi connectivity index (χ1v) is 10.1. The molecule has 3 aromatic carbocycles. The van der Waals surface area contributed by atoms with Crippen molar-refractivity contribution in [2.45, 2.75) is 6.54 Å². The van der Waals surface area contributed by atoms with Gasteiger partial charge < -0.3 is 10.6 Å². The van der Waals surface area contributed by atoms with Gasteiger partial charge in [0.05, 0.1) is 4.92 Å². The molecule has 0 aromatic heterocycles. The van der Waals surface area contributed by atoms with Crippen LogP contribution in [0.4, 0.5) is 5.69 Å². The number of hydrogen-bond donors (Lipinski definition) is 2. The Morgan fingerprint density at radius 3 is 2.35 bits per heavy atom. The Bertz CT molecular complexity index is 1130. The predicted molar refractivity (Wildman–Crippen MR) is 121 cm³/mol. The van der Waals surface area contributed by atoms with E-state index >= 15 is 0 Å². The summed E-state index contributed by atoms with van der Waals surface area (Å²) in [6.45, 7) is 0.264. The van der Waals surface area contributed by atoms with Crippen molar-refractivity contribution in [1.29, 1.82) is 0 Å². The van der Waals surface area contributed by atoms with E-state index in [0.29, 0.717) is 11.1 Å². The lowest BCUT2D eigenvalue weighted by atomic mass is 10.1. The van der Waals surface area contributed by atoms with Crippen LogP contribution in [-0.4, -0.2) is 16.7 Å². The fraction of sp³-hybridized carbons (Fsp3) is 0.0435. The summed E-state index contributed by atoms with van der Waals surface area (Å²) in [5.41, 5.74) is 1.53. The Hall–Kier alpha value is -3.78. The van der Waals surface area contributed by atoms with Crippen molar-refractivity contribution < 1.29 is 14.5 Å². The monoisotopic (exact) mass is 479 g/mol. The molecular weight excluding hydrogens is 462 g/mol. The Morgan fingerprint density at radius 1 is 0.968 bits per heavy atom. The van der Waals surface area contributed by atoms with Crippen LogP contribution >= 0.6 is 15.9 Å². The van der Waals surface area contributed by atoms with Crippen molar-refractivity contribution in [1.82, 2.24) is 10.6 Å². The van der Waals surface area contributed by atoms with Crippen molar-refractivity contribution in [3.63, 3.8) is 0 Å². The van der Waals surface area contributed by atoms with E-state index in [2.05, 4.69) is 26.6 Å². The first-order valence-electron chi connectivity index (χ1n) is 9.27. The summed E-state index contributed by atoms with van der Waals surface area (Å²) in [6, 6.07) is 21.8. The minimum Gasteiger partial charge on any atom is -0.347 e. The third kappa shape index (κ3) is 6.35. The molecule has 0 bridgehead atoms. The van der Waals surface area contributed by atoms with Gasteiger partial charge in [0.15, 0.2) is 0 Å². The van der Waals surface area contributed by atoms with E-state index in [1.807, 2.05) is 30.3 Å². The van der Waals surface area contributed by atoms with Crippen LogP contribution in [-0.2, 0) is 11.3 Å². The minimum absolute atomic E-state index is 0.0238. The van der Waals surface area contributed by atoms with Crippen LogP contribution in [0.1, 0.15) is 21.5 Å². The van der Waals surface area contributed by atoms with E-state index in [9.17, 15) is 19.7 Å². The lowest BCUT2D eigenvalue weighted by molar-refractivity contribution is -0.384. The van der Waals surface area contributed by atoms with Crippen molar-refractivity contribution >= 4 is 39.5 Å². The normalized spacial score (nSPS) is 10.9. The molecule has 0 aliphatic heterocycles. The van der Waals surface area contributed by atoms with E-state index in [1.54, 1.807) is 30.3 Å². The molecule has 0 aliphatic rings. The number of rotatable bonds is 7. The summed E-state index contributed by atoms with van der Waals surface area (Å²) in [4.78, 5) is 36.0. The van der Waals surface area contributed by atoms with Crippen LogP contribution in [0.2, 0.25) is 0 Å². The molecule has 156 valence electrons. The molecule has 0 saturated carbocycles. The van der Waals surface area contributed by atoms with Crippen molar-refractivity contribution in [3.05, 3.63) is 116 Å². The van der Waals surface area contributed by atoms with Crippen LogP contribution in [0.25, 0.3) is 6.08 Å². The van der Waals surface area contributed by atoms with Gasteiger partial charge >= 0.3 is 0 Å². The second kappa shape index (κ2) is 10.3. The highest BCUT2D eigenvalue weighted by atomic mass is 79.9. The largest absolute Gasteiger partial charge is 0.347 e. The maximum Gasteiger partial charge on any atom is 0.270 e. The van der Waals surface area contributed by atoms with E-state index in [1.165, 1.54) is 24.3 Å². The summed E-state index contributed by atoms with van der Waals surface area (Å²) in [6.07, 6.45) is 1.41. The van der Waals surface area contributed by atoms with Crippen LogP contribution in [0.3, 0.4) is 0 Å². The standard InChI is InChI=1S/C23H18BrN3O4/c24-19-11-9-18(10-12-19)22(28)26-21(14-17-7-4-8-20(13-17)27(30)31)23(29)25-15-16-5-2-1-3-6-16/h1-14H,15H2,(H,25,29)(H,26,28). The number of benzene rings is 3. The zero-order valence-electron chi connectivity index (χ0n) is 16.2. The molecule has 31 heavy (non-hydrogen) atoms. The quantitative estimate of drug-likeness (QED) is 0.297. The number of carbonyl (C=O) groups excluding carboxylic acids is 2. The summed E-state index contributed by atoms with van der Waals surface area (Å²) < 4.78 is 0.817. The van der Waals surface area contributed by atoms with Gasteiger partial charge in [0.25, 0.3) is 17.5 Å². The number of nitro groups is 1. The molecule has 0 spiro atoms. The number of halogens is 1. The molecule has 7 nitrogen and oxygen atoms in total. The fourth-order valence-corrected chi connectivity index (χ4v) is 2.99. The number of carbonyl (C=O) groups is 2. The highest BCUT2D eigenvalue weighted by molar-refractivity contribution is 9.10. The molecule has 0 radical (unpaired) electrons.